The molecule has 3 rings (SSSR count). The highest BCUT2D eigenvalue weighted by atomic mass is 16.8. The second-order valence-electron chi connectivity index (χ2n) is 5.87. The molecule has 7 nitrogen and oxygen atoms in total. The number of rotatable bonds is 3. The Hall–Kier alpha value is -1.41. The van der Waals surface area contributed by atoms with Crippen LogP contribution in [-0.4, -0.2) is 52.8 Å². The molecule has 3 heterocycles. The third-order valence-electron chi connectivity index (χ3n) is 3.84. The van der Waals surface area contributed by atoms with E-state index in [0.717, 1.165) is 0 Å². The second kappa shape index (κ2) is 5.10. The molecule has 3 aliphatic heterocycles. The Kier molecular flexibility index (Phi) is 3.53. The molecule has 0 spiro atoms. The molecule has 0 aromatic rings. The lowest BCUT2D eigenvalue weighted by Gasteiger charge is -2.31. The zero-order chi connectivity index (χ0) is 15.2. The van der Waals surface area contributed by atoms with Crippen molar-refractivity contribution in [2.45, 2.75) is 50.6 Å². The smallest absolute Gasteiger partial charge is 0.246 e. The zero-order valence-corrected chi connectivity index (χ0v) is 12.1. The average Bonchev–Trinajstić information content (AvgIpc) is 2.91. The van der Waals surface area contributed by atoms with E-state index in [1.54, 1.807) is 11.1 Å². The predicted molar refractivity (Wildman–Crippen MR) is 72.4 cm³/mol. The summed E-state index contributed by atoms with van der Waals surface area (Å²) in [5.74, 6) is -1.18. The van der Waals surface area contributed by atoms with E-state index in [1.807, 2.05) is 26.1 Å². The van der Waals surface area contributed by atoms with Crippen LogP contribution in [0.25, 0.3) is 0 Å². The molecule has 0 aliphatic carbocycles. The summed E-state index contributed by atoms with van der Waals surface area (Å²) in [6.45, 7) is 3.50. The van der Waals surface area contributed by atoms with E-state index in [0.29, 0.717) is 12.0 Å². The van der Waals surface area contributed by atoms with Crippen LogP contribution in [0.15, 0.2) is 24.0 Å². The van der Waals surface area contributed by atoms with Gasteiger partial charge in [0.2, 0.25) is 5.91 Å². The second-order valence-corrected chi connectivity index (χ2v) is 5.87. The van der Waals surface area contributed by atoms with E-state index >= 15 is 0 Å². The van der Waals surface area contributed by atoms with Gasteiger partial charge in [0.15, 0.2) is 12.0 Å². The van der Waals surface area contributed by atoms with E-state index in [2.05, 4.69) is 0 Å². The van der Waals surface area contributed by atoms with Gasteiger partial charge in [0.05, 0.1) is 6.61 Å². The molecular formula is C14H20N2O5. The van der Waals surface area contributed by atoms with Crippen LogP contribution in [0.3, 0.4) is 0 Å². The molecule has 21 heavy (non-hydrogen) atoms. The van der Waals surface area contributed by atoms with Gasteiger partial charge in [-0.15, -0.1) is 0 Å². The lowest BCUT2D eigenvalue weighted by atomic mass is 10.1. The van der Waals surface area contributed by atoms with Crippen LogP contribution in [0.4, 0.5) is 0 Å². The van der Waals surface area contributed by atoms with Gasteiger partial charge in [-0.1, -0.05) is 6.08 Å². The van der Waals surface area contributed by atoms with E-state index < -0.39 is 24.0 Å². The number of allylic oxidation sites excluding steroid dienone is 1. The molecule has 2 saturated heterocycles. The number of hydrogen-bond acceptors (Lipinski definition) is 6. The van der Waals surface area contributed by atoms with Gasteiger partial charge in [0.1, 0.15) is 18.3 Å². The zero-order valence-electron chi connectivity index (χ0n) is 12.1. The van der Waals surface area contributed by atoms with Gasteiger partial charge in [-0.2, -0.15) is 0 Å². The lowest BCUT2D eigenvalue weighted by molar-refractivity contribution is -0.201. The number of fused-ring (bicyclic) bond motifs is 1. The van der Waals surface area contributed by atoms with Crippen molar-refractivity contribution >= 4 is 5.91 Å². The van der Waals surface area contributed by atoms with Crippen molar-refractivity contribution in [3.63, 3.8) is 0 Å². The number of primary amides is 1. The summed E-state index contributed by atoms with van der Waals surface area (Å²) >= 11 is 0. The fourth-order valence-electron chi connectivity index (χ4n) is 2.95. The minimum Gasteiger partial charge on any atom is -0.394 e. The molecule has 0 aromatic carbocycles. The van der Waals surface area contributed by atoms with Gasteiger partial charge in [0.25, 0.3) is 0 Å². The summed E-state index contributed by atoms with van der Waals surface area (Å²) in [4.78, 5) is 13.1. The Bertz CT molecular complexity index is 502. The predicted octanol–water partition coefficient (Wildman–Crippen LogP) is -0.188. The maximum absolute atomic E-state index is 11.3. The van der Waals surface area contributed by atoms with E-state index in [9.17, 15) is 9.90 Å². The molecule has 0 saturated carbocycles. The van der Waals surface area contributed by atoms with Crippen LogP contribution < -0.4 is 5.73 Å². The highest BCUT2D eigenvalue weighted by Gasteiger charge is 2.56. The van der Waals surface area contributed by atoms with E-state index in [1.165, 1.54) is 0 Å². The number of aliphatic hydroxyl groups excluding tert-OH is 1. The van der Waals surface area contributed by atoms with Gasteiger partial charge in [-0.3, -0.25) is 4.79 Å². The summed E-state index contributed by atoms with van der Waals surface area (Å²) in [6.07, 6.45) is 4.23. The summed E-state index contributed by atoms with van der Waals surface area (Å²) in [7, 11) is 0. The standard InChI is InChI=1S/C14H20N2O5/c1-14(2)20-10-9(7-17)19-13(11(10)21-14)16-5-3-4-8(6-16)12(15)18/h3,5-6,9-11,13,17H,4,7H2,1-2H3,(H2,15,18). The van der Waals surface area contributed by atoms with Gasteiger partial charge in [0, 0.05) is 18.0 Å². The van der Waals surface area contributed by atoms with Crippen LogP contribution in [0, 0.1) is 0 Å². The van der Waals surface area contributed by atoms with Crippen LogP contribution >= 0.6 is 0 Å². The third-order valence-corrected chi connectivity index (χ3v) is 3.84. The number of carbonyl (C=O) groups excluding carboxylic acids is 1. The maximum Gasteiger partial charge on any atom is 0.246 e. The number of nitrogens with two attached hydrogens (primary N) is 1. The largest absolute Gasteiger partial charge is 0.394 e. The number of ether oxygens (including phenoxy) is 3. The van der Waals surface area contributed by atoms with Crippen molar-refractivity contribution in [3.8, 4) is 0 Å². The SMILES string of the molecule is CC1(C)OC2C(CO)OC(N3C=CCC(C(N)=O)=C3)C2O1. The monoisotopic (exact) mass is 296 g/mol. The molecular weight excluding hydrogens is 276 g/mol. The topological polar surface area (TPSA) is 94.3 Å². The van der Waals surface area contributed by atoms with Gasteiger partial charge < -0.3 is 30.0 Å². The van der Waals surface area contributed by atoms with Gasteiger partial charge in [-0.25, -0.2) is 0 Å². The lowest BCUT2D eigenvalue weighted by Crippen LogP contribution is -2.40. The summed E-state index contributed by atoms with van der Waals surface area (Å²) < 4.78 is 17.5. The van der Waals surface area contributed by atoms with E-state index in [-0.39, 0.29) is 18.8 Å². The quantitative estimate of drug-likeness (QED) is 0.750. The van der Waals surface area contributed by atoms with Gasteiger partial charge in [-0.05, 0) is 20.3 Å². The third kappa shape index (κ3) is 2.57. The van der Waals surface area contributed by atoms with Crippen molar-refractivity contribution in [1.82, 2.24) is 4.90 Å². The Morgan fingerprint density at radius 3 is 2.86 bits per heavy atom. The Morgan fingerprint density at radius 1 is 1.48 bits per heavy atom. The summed E-state index contributed by atoms with van der Waals surface area (Å²) in [6, 6.07) is 0. The summed E-state index contributed by atoms with van der Waals surface area (Å²) in [5, 5.41) is 9.45. The Morgan fingerprint density at radius 2 is 2.19 bits per heavy atom. The average molecular weight is 296 g/mol. The fourth-order valence-corrected chi connectivity index (χ4v) is 2.95. The molecule has 0 radical (unpaired) electrons. The number of hydrogen-bond donors (Lipinski definition) is 2. The van der Waals surface area contributed by atoms with E-state index in [4.69, 9.17) is 19.9 Å². The molecule has 2 fully saturated rings. The molecule has 3 aliphatic rings. The number of nitrogens with zero attached hydrogens (tertiary/aromatic N) is 1. The molecule has 7 heteroatoms. The van der Waals surface area contributed by atoms with Crippen molar-refractivity contribution in [1.29, 1.82) is 0 Å². The Balaban J connectivity index is 1.84. The first-order chi connectivity index (χ1) is 9.91. The molecule has 0 bridgehead atoms. The molecule has 4 unspecified atom stereocenters. The van der Waals surface area contributed by atoms with Crippen molar-refractivity contribution in [2.75, 3.05) is 6.61 Å². The molecule has 116 valence electrons. The van der Waals surface area contributed by atoms with Crippen molar-refractivity contribution < 1.29 is 24.1 Å². The molecule has 1 amide bonds. The van der Waals surface area contributed by atoms with Gasteiger partial charge >= 0.3 is 0 Å². The Labute approximate surface area is 122 Å². The highest BCUT2D eigenvalue weighted by molar-refractivity contribution is 5.92. The molecule has 3 N–H and O–H groups in total. The van der Waals surface area contributed by atoms with Crippen LogP contribution in [0.5, 0.6) is 0 Å². The van der Waals surface area contributed by atoms with Crippen LogP contribution in [-0.2, 0) is 19.0 Å². The first kappa shape index (κ1) is 14.5. The first-order valence-corrected chi connectivity index (χ1v) is 6.98. The van der Waals surface area contributed by atoms with Crippen LogP contribution in [0.2, 0.25) is 0 Å². The van der Waals surface area contributed by atoms with Crippen LogP contribution in [0.1, 0.15) is 20.3 Å². The maximum atomic E-state index is 11.3. The molecule has 0 aromatic heterocycles. The molecule has 4 atom stereocenters. The number of amides is 1. The summed E-state index contributed by atoms with van der Waals surface area (Å²) in [5.41, 5.74) is 5.83. The van der Waals surface area contributed by atoms with Crippen molar-refractivity contribution in [3.05, 3.63) is 24.0 Å². The number of carbonyl (C=O) groups is 1. The highest BCUT2D eigenvalue weighted by Crippen LogP contribution is 2.40. The fraction of sp³-hybridized carbons (Fsp3) is 0.643. The number of aliphatic hydroxyl groups is 1. The van der Waals surface area contributed by atoms with Crippen molar-refractivity contribution in [2.24, 2.45) is 5.73 Å². The normalized spacial score (nSPS) is 37.5. The minimum atomic E-state index is -0.722. The first-order valence-electron chi connectivity index (χ1n) is 6.98. The minimum absolute atomic E-state index is 0.152.